The second-order valence-corrected chi connectivity index (χ2v) is 6.82. The quantitative estimate of drug-likeness (QED) is 0.870. The van der Waals surface area contributed by atoms with Gasteiger partial charge in [-0.15, -0.1) is 0 Å². The summed E-state index contributed by atoms with van der Waals surface area (Å²) in [4.78, 5) is 26.2. The summed E-state index contributed by atoms with van der Waals surface area (Å²) in [5.41, 5.74) is 1.97. The van der Waals surface area contributed by atoms with Gasteiger partial charge in [0.25, 0.3) is 0 Å². The molecule has 1 aromatic rings. The summed E-state index contributed by atoms with van der Waals surface area (Å²) < 4.78 is 0. The highest BCUT2D eigenvalue weighted by atomic mass is 16.2. The molecule has 0 bridgehead atoms. The number of aryl methyl sites for hydroxylation is 1. The average molecular weight is 329 g/mol. The summed E-state index contributed by atoms with van der Waals surface area (Å²) in [5, 5.41) is 6.26. The molecule has 130 valence electrons. The molecule has 2 aliphatic rings. The molecule has 2 heterocycles. The predicted octanol–water partition coefficient (Wildman–Crippen LogP) is 2.18. The normalized spacial score (nSPS) is 20.8. The van der Waals surface area contributed by atoms with Crippen LogP contribution in [0.1, 0.15) is 37.7 Å². The third kappa shape index (κ3) is 4.57. The lowest BCUT2D eigenvalue weighted by atomic mass is 9.98. The Morgan fingerprint density at radius 2 is 1.88 bits per heavy atom. The summed E-state index contributed by atoms with van der Waals surface area (Å²) in [6.45, 7) is 3.61. The van der Waals surface area contributed by atoms with E-state index < -0.39 is 0 Å². The number of amides is 2. The highest BCUT2D eigenvalue weighted by Crippen LogP contribution is 2.16. The highest BCUT2D eigenvalue weighted by molar-refractivity contribution is 5.92. The molecule has 2 saturated heterocycles. The van der Waals surface area contributed by atoms with Crippen molar-refractivity contribution in [2.24, 2.45) is 5.92 Å². The van der Waals surface area contributed by atoms with Crippen molar-refractivity contribution < 1.29 is 9.59 Å². The lowest BCUT2D eigenvalue weighted by Crippen LogP contribution is -2.37. The van der Waals surface area contributed by atoms with Crippen molar-refractivity contribution in [1.29, 1.82) is 0 Å². The Balaban J connectivity index is 1.46. The number of carbonyl (C=O) groups is 2. The van der Waals surface area contributed by atoms with Crippen molar-refractivity contribution in [2.75, 3.05) is 31.5 Å². The molecule has 24 heavy (non-hydrogen) atoms. The number of carbonyl (C=O) groups excluding carboxylic acids is 2. The van der Waals surface area contributed by atoms with E-state index in [1.165, 1.54) is 0 Å². The zero-order valence-electron chi connectivity index (χ0n) is 14.2. The van der Waals surface area contributed by atoms with Crippen LogP contribution in [0, 0.1) is 5.92 Å². The number of rotatable bonds is 5. The molecule has 2 N–H and O–H groups in total. The van der Waals surface area contributed by atoms with E-state index in [1.807, 2.05) is 29.2 Å². The molecule has 2 amide bonds. The molecule has 2 aliphatic heterocycles. The van der Waals surface area contributed by atoms with Crippen molar-refractivity contribution in [3.05, 3.63) is 29.8 Å². The highest BCUT2D eigenvalue weighted by Gasteiger charge is 2.21. The summed E-state index contributed by atoms with van der Waals surface area (Å²) in [5.74, 6) is 0.422. The molecule has 1 unspecified atom stereocenters. The van der Waals surface area contributed by atoms with Gasteiger partial charge in [-0.3, -0.25) is 9.59 Å². The summed E-state index contributed by atoms with van der Waals surface area (Å²) in [7, 11) is 0. The molecule has 3 rings (SSSR count). The number of nitrogens with one attached hydrogen (secondary N) is 2. The molecule has 2 fully saturated rings. The van der Waals surface area contributed by atoms with Gasteiger partial charge in [-0.2, -0.15) is 0 Å². The minimum Gasteiger partial charge on any atom is -0.343 e. The van der Waals surface area contributed by atoms with Crippen LogP contribution in [0.4, 0.5) is 5.69 Å². The van der Waals surface area contributed by atoms with Crippen LogP contribution in [0.25, 0.3) is 0 Å². The Bertz CT molecular complexity index is 558. The van der Waals surface area contributed by atoms with E-state index in [4.69, 9.17) is 0 Å². The second-order valence-electron chi connectivity index (χ2n) is 6.82. The Kier molecular flexibility index (Phi) is 5.86. The molecule has 0 aromatic heterocycles. The fourth-order valence-corrected chi connectivity index (χ4v) is 3.45. The Morgan fingerprint density at radius 3 is 2.54 bits per heavy atom. The van der Waals surface area contributed by atoms with Crippen LogP contribution in [0.5, 0.6) is 0 Å². The van der Waals surface area contributed by atoms with E-state index in [2.05, 4.69) is 10.6 Å². The zero-order chi connectivity index (χ0) is 16.8. The Morgan fingerprint density at radius 1 is 1.12 bits per heavy atom. The molecular weight excluding hydrogens is 302 g/mol. The first-order valence-corrected chi connectivity index (χ1v) is 9.11. The van der Waals surface area contributed by atoms with Crippen LogP contribution in [0.3, 0.4) is 0 Å². The lowest BCUT2D eigenvalue weighted by molar-refractivity contribution is -0.130. The van der Waals surface area contributed by atoms with Gasteiger partial charge in [0.15, 0.2) is 0 Å². The van der Waals surface area contributed by atoms with Gasteiger partial charge in [0.1, 0.15) is 0 Å². The number of hydrogen-bond donors (Lipinski definition) is 2. The van der Waals surface area contributed by atoms with E-state index in [1.54, 1.807) is 0 Å². The first kappa shape index (κ1) is 17.0. The van der Waals surface area contributed by atoms with Crippen LogP contribution in [0.2, 0.25) is 0 Å². The maximum Gasteiger partial charge on any atom is 0.228 e. The Labute approximate surface area is 143 Å². The minimum absolute atomic E-state index is 0.0662. The summed E-state index contributed by atoms with van der Waals surface area (Å²) in [6.07, 6.45) is 5.61. The summed E-state index contributed by atoms with van der Waals surface area (Å²) >= 11 is 0. The Hall–Kier alpha value is -1.88. The van der Waals surface area contributed by atoms with E-state index in [0.29, 0.717) is 6.42 Å². The van der Waals surface area contributed by atoms with Crippen molar-refractivity contribution >= 4 is 17.5 Å². The third-order valence-corrected chi connectivity index (χ3v) is 4.98. The van der Waals surface area contributed by atoms with Crippen LogP contribution in [0.15, 0.2) is 24.3 Å². The molecule has 0 spiro atoms. The van der Waals surface area contributed by atoms with Gasteiger partial charge >= 0.3 is 0 Å². The van der Waals surface area contributed by atoms with Gasteiger partial charge in [0, 0.05) is 31.7 Å². The first-order valence-electron chi connectivity index (χ1n) is 9.11. The topological polar surface area (TPSA) is 61.4 Å². The van der Waals surface area contributed by atoms with Crippen molar-refractivity contribution in [2.45, 2.75) is 38.5 Å². The van der Waals surface area contributed by atoms with Gasteiger partial charge in [0.05, 0.1) is 5.92 Å². The van der Waals surface area contributed by atoms with E-state index in [9.17, 15) is 9.59 Å². The lowest BCUT2D eigenvalue weighted by Gasteiger charge is -2.21. The number of hydrogen-bond acceptors (Lipinski definition) is 3. The van der Waals surface area contributed by atoms with E-state index >= 15 is 0 Å². The maximum atomic E-state index is 12.2. The smallest absolute Gasteiger partial charge is 0.228 e. The number of piperidine rings is 1. The molecular formula is C19H27N3O2. The van der Waals surface area contributed by atoms with E-state index in [0.717, 1.165) is 69.5 Å². The third-order valence-electron chi connectivity index (χ3n) is 4.98. The molecule has 0 radical (unpaired) electrons. The summed E-state index contributed by atoms with van der Waals surface area (Å²) in [6, 6.07) is 7.88. The van der Waals surface area contributed by atoms with E-state index in [-0.39, 0.29) is 17.7 Å². The monoisotopic (exact) mass is 329 g/mol. The standard InChI is InChI=1S/C19H27N3O2/c23-18(22-12-1-2-13-22)10-7-15-5-8-17(9-6-15)21-19(24)16-4-3-11-20-14-16/h5-6,8-9,16,20H,1-4,7,10-14H2,(H,21,24). The molecule has 0 saturated carbocycles. The van der Waals surface area contributed by atoms with Crippen molar-refractivity contribution in [3.8, 4) is 0 Å². The van der Waals surface area contributed by atoms with Gasteiger partial charge in [-0.05, 0) is 56.3 Å². The minimum atomic E-state index is 0.0662. The molecule has 1 atom stereocenters. The number of likely N-dealkylation sites (tertiary alicyclic amines) is 1. The first-order chi connectivity index (χ1) is 11.7. The fraction of sp³-hybridized carbons (Fsp3) is 0.579. The van der Waals surface area contributed by atoms with Crippen LogP contribution < -0.4 is 10.6 Å². The fourth-order valence-electron chi connectivity index (χ4n) is 3.45. The number of nitrogens with zero attached hydrogens (tertiary/aromatic N) is 1. The predicted molar refractivity (Wildman–Crippen MR) is 94.8 cm³/mol. The van der Waals surface area contributed by atoms with Crippen LogP contribution in [-0.2, 0) is 16.0 Å². The molecule has 1 aromatic carbocycles. The van der Waals surface area contributed by atoms with Gasteiger partial charge in [-0.1, -0.05) is 12.1 Å². The van der Waals surface area contributed by atoms with Crippen molar-refractivity contribution in [3.63, 3.8) is 0 Å². The number of anilines is 1. The van der Waals surface area contributed by atoms with Gasteiger partial charge in [-0.25, -0.2) is 0 Å². The second kappa shape index (κ2) is 8.29. The number of benzene rings is 1. The van der Waals surface area contributed by atoms with Gasteiger partial charge < -0.3 is 15.5 Å². The molecule has 5 heteroatoms. The van der Waals surface area contributed by atoms with Crippen molar-refractivity contribution in [1.82, 2.24) is 10.2 Å². The molecule has 0 aliphatic carbocycles. The maximum absolute atomic E-state index is 12.2. The largest absolute Gasteiger partial charge is 0.343 e. The average Bonchev–Trinajstić information content (AvgIpc) is 3.16. The zero-order valence-corrected chi connectivity index (χ0v) is 14.2. The van der Waals surface area contributed by atoms with Crippen LogP contribution >= 0.6 is 0 Å². The SMILES string of the molecule is O=C(Nc1ccc(CCC(=O)N2CCCC2)cc1)C1CCCNC1. The molecule has 5 nitrogen and oxygen atoms in total. The van der Waals surface area contributed by atoms with Gasteiger partial charge in [0.2, 0.25) is 11.8 Å². The van der Waals surface area contributed by atoms with Crippen LogP contribution in [-0.4, -0.2) is 42.9 Å².